The van der Waals surface area contributed by atoms with Crippen molar-refractivity contribution >= 4 is 24.1 Å². The first-order valence-corrected chi connectivity index (χ1v) is 17.1. The van der Waals surface area contributed by atoms with Gasteiger partial charge in [0.25, 0.3) is 5.91 Å². The monoisotopic (exact) mass is 681 g/mol. The zero-order chi connectivity index (χ0) is 33.0. The predicted octanol–water partition coefficient (Wildman–Crippen LogP) is 5.89. The summed E-state index contributed by atoms with van der Waals surface area (Å²) in [6.45, 7) is 12.1. The van der Waals surface area contributed by atoms with E-state index in [4.69, 9.17) is 9.47 Å². The lowest BCUT2D eigenvalue weighted by Crippen LogP contribution is -2.65. The Kier molecular flexibility index (Phi) is 11.8. The van der Waals surface area contributed by atoms with E-state index < -0.39 is 5.82 Å². The van der Waals surface area contributed by atoms with Crippen LogP contribution in [0, 0.1) is 11.2 Å². The molecule has 3 aliphatic rings. The van der Waals surface area contributed by atoms with Gasteiger partial charge in [0.2, 0.25) is 0 Å². The van der Waals surface area contributed by atoms with Crippen molar-refractivity contribution in [2.45, 2.75) is 78.0 Å². The molecule has 2 aliphatic heterocycles. The molecule has 10 nitrogen and oxygen atoms in total. The van der Waals surface area contributed by atoms with Crippen LogP contribution in [0.1, 0.15) is 74.5 Å². The molecular weight excluding hydrogens is 633 g/mol. The molecule has 4 heterocycles. The maximum Gasteiger partial charge on any atom is 0.257 e. The van der Waals surface area contributed by atoms with Gasteiger partial charge in [-0.15, -0.1) is 12.4 Å². The summed E-state index contributed by atoms with van der Waals surface area (Å²) in [5.41, 5.74) is 2.78. The Labute approximate surface area is 289 Å². The number of hydrogen-bond donors (Lipinski definition) is 1. The lowest BCUT2D eigenvalue weighted by molar-refractivity contribution is -0.0352. The summed E-state index contributed by atoms with van der Waals surface area (Å²) in [5, 5.41) is 3.23. The molecule has 260 valence electrons. The Morgan fingerprint density at radius 1 is 1.12 bits per heavy atom. The molecule has 3 aromatic rings. The van der Waals surface area contributed by atoms with Crippen LogP contribution >= 0.6 is 12.4 Å². The number of ether oxygens (including phenoxy) is 2. The van der Waals surface area contributed by atoms with Crippen LogP contribution in [0.5, 0.6) is 17.2 Å². The van der Waals surface area contributed by atoms with E-state index in [0.717, 1.165) is 64.3 Å². The molecule has 12 heteroatoms. The molecule has 1 saturated heterocycles. The van der Waals surface area contributed by atoms with Crippen LogP contribution < -0.4 is 19.7 Å². The van der Waals surface area contributed by atoms with Crippen molar-refractivity contribution in [3.05, 3.63) is 65.6 Å². The van der Waals surface area contributed by atoms with E-state index in [-0.39, 0.29) is 47.2 Å². The van der Waals surface area contributed by atoms with Crippen molar-refractivity contribution in [1.29, 1.82) is 0 Å². The lowest BCUT2D eigenvalue weighted by atomic mass is 9.61. The quantitative estimate of drug-likeness (QED) is 0.209. The largest absolute Gasteiger partial charge is 0.490 e. The number of carbonyl (C=O) groups excluding carboxylic acids is 1. The number of rotatable bonds is 14. The van der Waals surface area contributed by atoms with Crippen molar-refractivity contribution in [3.8, 4) is 17.2 Å². The minimum atomic E-state index is -0.489. The van der Waals surface area contributed by atoms with Gasteiger partial charge in [-0.1, -0.05) is 6.42 Å². The van der Waals surface area contributed by atoms with E-state index in [1.807, 2.05) is 40.1 Å². The molecule has 1 saturated carbocycles. The zero-order valence-electron chi connectivity index (χ0n) is 28.6. The second kappa shape index (κ2) is 15.8. The number of hydrogen-bond acceptors (Lipinski definition) is 9. The second-order valence-electron chi connectivity index (χ2n) is 13.6. The third kappa shape index (κ3) is 7.84. The molecule has 1 amide bonds. The van der Waals surface area contributed by atoms with E-state index in [1.54, 1.807) is 11.1 Å². The summed E-state index contributed by atoms with van der Waals surface area (Å²) in [5.74, 6) is 1.62. The molecule has 1 aromatic carbocycles. The van der Waals surface area contributed by atoms with Gasteiger partial charge in [-0.05, 0) is 90.9 Å². The number of nitrogens with one attached hydrogen (secondary N) is 1. The standard InChI is InChI=1S/C36H48FN7O3.ClH/c1-5-44(25(2)3)35(45)28-17-26(37)9-10-31(28)47-33-20-39-24-41-34(33)43-22-36(23-43)18-27(19-36)46-32-11-14-40-30-12-16-42(21-29(30)32)15-8-6-7-13-38-4;/h9-11,14,17,20,24-25,27,38H,5-8,12-13,15-16,18-19,21-23H2,1-4H3;1H. The van der Waals surface area contributed by atoms with Gasteiger partial charge in [0, 0.05) is 68.1 Å². The lowest BCUT2D eigenvalue weighted by Gasteiger charge is -2.59. The Morgan fingerprint density at radius 3 is 2.69 bits per heavy atom. The highest BCUT2D eigenvalue weighted by Crippen LogP contribution is 2.52. The normalized spacial score (nSPS) is 16.9. The van der Waals surface area contributed by atoms with Gasteiger partial charge in [0.1, 0.15) is 29.7 Å². The maximum atomic E-state index is 14.3. The van der Waals surface area contributed by atoms with Crippen molar-refractivity contribution in [1.82, 2.24) is 30.1 Å². The molecule has 2 fully saturated rings. The third-order valence-corrected chi connectivity index (χ3v) is 9.79. The molecule has 1 spiro atoms. The third-order valence-electron chi connectivity index (χ3n) is 9.79. The maximum absolute atomic E-state index is 14.3. The summed E-state index contributed by atoms with van der Waals surface area (Å²) < 4.78 is 27.2. The average Bonchev–Trinajstić information content (AvgIpc) is 3.03. The van der Waals surface area contributed by atoms with Crippen molar-refractivity contribution in [3.63, 3.8) is 0 Å². The van der Waals surface area contributed by atoms with Crippen LogP contribution in [0.15, 0.2) is 43.0 Å². The minimum absolute atomic E-state index is 0. The molecule has 1 N–H and O–H groups in total. The number of fused-ring (bicyclic) bond motifs is 1. The van der Waals surface area contributed by atoms with Crippen LogP contribution in [-0.4, -0.2) is 89.1 Å². The van der Waals surface area contributed by atoms with E-state index in [1.165, 1.54) is 55.0 Å². The molecule has 2 aromatic heterocycles. The van der Waals surface area contributed by atoms with Gasteiger partial charge in [0.15, 0.2) is 11.6 Å². The molecule has 48 heavy (non-hydrogen) atoms. The number of anilines is 1. The number of halogens is 2. The molecule has 1 aliphatic carbocycles. The smallest absolute Gasteiger partial charge is 0.257 e. The Balaban J connectivity index is 0.00000451. The van der Waals surface area contributed by atoms with Gasteiger partial charge < -0.3 is 24.6 Å². The van der Waals surface area contributed by atoms with Crippen molar-refractivity contribution < 1.29 is 18.7 Å². The van der Waals surface area contributed by atoms with E-state index >= 15 is 0 Å². The highest BCUT2D eigenvalue weighted by molar-refractivity contribution is 5.97. The number of carbonyl (C=O) groups is 1. The summed E-state index contributed by atoms with van der Waals surface area (Å²) in [6.07, 6.45) is 11.8. The van der Waals surface area contributed by atoms with Gasteiger partial charge >= 0.3 is 0 Å². The van der Waals surface area contributed by atoms with E-state index in [2.05, 4.69) is 30.1 Å². The number of aromatic nitrogens is 3. The molecular formula is C36H49ClFN7O3. The fourth-order valence-electron chi connectivity index (χ4n) is 7.32. The van der Waals surface area contributed by atoms with Crippen LogP contribution in [0.3, 0.4) is 0 Å². The highest BCUT2D eigenvalue weighted by Gasteiger charge is 2.54. The number of pyridine rings is 1. The van der Waals surface area contributed by atoms with Crippen LogP contribution in [0.25, 0.3) is 0 Å². The van der Waals surface area contributed by atoms with Gasteiger partial charge in [-0.25, -0.2) is 14.4 Å². The Morgan fingerprint density at radius 2 is 1.94 bits per heavy atom. The first kappa shape index (κ1) is 35.8. The molecule has 0 bridgehead atoms. The fourth-order valence-corrected chi connectivity index (χ4v) is 7.32. The molecule has 6 rings (SSSR count). The number of amides is 1. The van der Waals surface area contributed by atoms with Crippen LogP contribution in [0.2, 0.25) is 0 Å². The molecule has 0 atom stereocenters. The first-order chi connectivity index (χ1) is 22.8. The summed E-state index contributed by atoms with van der Waals surface area (Å²) >= 11 is 0. The molecule has 0 radical (unpaired) electrons. The average molecular weight is 682 g/mol. The van der Waals surface area contributed by atoms with Crippen LogP contribution in [0.4, 0.5) is 10.2 Å². The zero-order valence-corrected chi connectivity index (χ0v) is 29.4. The minimum Gasteiger partial charge on any atom is -0.490 e. The summed E-state index contributed by atoms with van der Waals surface area (Å²) in [4.78, 5) is 33.2. The van der Waals surface area contributed by atoms with Gasteiger partial charge in [0.05, 0.1) is 11.8 Å². The molecule has 0 unspecified atom stereocenters. The SMILES string of the molecule is CCN(C(=O)c1cc(F)ccc1Oc1cncnc1N1CC2(CC(Oc3ccnc4c3CN(CCCCCNC)CC4)C2)C1)C(C)C.Cl. The van der Waals surface area contributed by atoms with E-state index in [0.29, 0.717) is 18.1 Å². The number of benzene rings is 1. The van der Waals surface area contributed by atoms with Crippen molar-refractivity contribution in [2.75, 3.05) is 51.2 Å². The number of unbranched alkanes of at least 4 members (excludes halogenated alkanes) is 2. The van der Waals surface area contributed by atoms with Crippen LogP contribution in [-0.2, 0) is 13.0 Å². The predicted molar refractivity (Wildman–Crippen MR) is 187 cm³/mol. The van der Waals surface area contributed by atoms with Crippen molar-refractivity contribution in [2.24, 2.45) is 5.41 Å². The second-order valence-corrected chi connectivity index (χ2v) is 13.6. The topological polar surface area (TPSA) is 96.0 Å². The van der Waals surface area contributed by atoms with E-state index in [9.17, 15) is 9.18 Å². The highest BCUT2D eigenvalue weighted by atomic mass is 35.5. The van der Waals surface area contributed by atoms with Gasteiger partial charge in [-0.2, -0.15) is 0 Å². The summed E-state index contributed by atoms with van der Waals surface area (Å²) in [6, 6.07) is 6.05. The Hall–Kier alpha value is -3.54. The Bertz CT molecular complexity index is 1550. The van der Waals surface area contributed by atoms with Gasteiger partial charge in [-0.3, -0.25) is 14.7 Å². The first-order valence-electron chi connectivity index (χ1n) is 17.1. The number of nitrogens with zero attached hydrogens (tertiary/aromatic N) is 6. The fraction of sp³-hybridized carbons (Fsp3) is 0.556. The summed E-state index contributed by atoms with van der Waals surface area (Å²) in [7, 11) is 2.01.